The minimum absolute atomic E-state index is 0.0127. The van der Waals surface area contributed by atoms with Crippen molar-refractivity contribution in [2.75, 3.05) is 6.54 Å². The third kappa shape index (κ3) is 7.87. The van der Waals surface area contributed by atoms with Gasteiger partial charge in [-0.1, -0.05) is 12.2 Å². The van der Waals surface area contributed by atoms with E-state index in [1.54, 1.807) is 37.8 Å². The van der Waals surface area contributed by atoms with Crippen molar-refractivity contribution in [1.29, 1.82) is 0 Å². The van der Waals surface area contributed by atoms with Gasteiger partial charge in [0.25, 0.3) is 0 Å². The molecule has 28 heavy (non-hydrogen) atoms. The van der Waals surface area contributed by atoms with Crippen molar-refractivity contribution in [2.45, 2.75) is 84.0 Å². The monoisotopic (exact) mass is 393 g/mol. The fourth-order valence-electron chi connectivity index (χ4n) is 3.41. The van der Waals surface area contributed by atoms with Gasteiger partial charge in [-0.05, 0) is 53.4 Å². The third-order valence-corrected chi connectivity index (χ3v) is 4.63. The van der Waals surface area contributed by atoms with E-state index in [2.05, 4.69) is 13.2 Å². The largest absolute Gasteiger partial charge is 0.460 e. The second-order valence-electron chi connectivity index (χ2n) is 8.28. The van der Waals surface area contributed by atoms with Gasteiger partial charge in [0.15, 0.2) is 0 Å². The normalized spacial score (nSPS) is 18.9. The van der Waals surface area contributed by atoms with Gasteiger partial charge in [0, 0.05) is 13.0 Å². The molecule has 1 amide bonds. The van der Waals surface area contributed by atoms with E-state index in [0.717, 1.165) is 12.8 Å². The zero-order valence-electron chi connectivity index (χ0n) is 17.7. The van der Waals surface area contributed by atoms with Gasteiger partial charge in [-0.25, -0.2) is 0 Å². The van der Waals surface area contributed by atoms with Gasteiger partial charge in [-0.15, -0.1) is 13.2 Å². The van der Waals surface area contributed by atoms with Crippen molar-refractivity contribution in [3.05, 3.63) is 25.3 Å². The van der Waals surface area contributed by atoms with E-state index in [1.165, 1.54) is 0 Å². The molecular weight excluding hydrogens is 358 g/mol. The molecule has 0 aromatic carbocycles. The molecule has 158 valence electrons. The van der Waals surface area contributed by atoms with Gasteiger partial charge < -0.3 is 14.4 Å². The van der Waals surface area contributed by atoms with E-state index in [1.807, 2.05) is 6.92 Å². The van der Waals surface area contributed by atoms with Crippen LogP contribution in [0.3, 0.4) is 0 Å². The van der Waals surface area contributed by atoms with Crippen molar-refractivity contribution >= 4 is 17.8 Å². The van der Waals surface area contributed by atoms with Crippen molar-refractivity contribution in [1.82, 2.24) is 4.90 Å². The number of hydrogen-bond acceptors (Lipinski definition) is 5. The lowest BCUT2D eigenvalue weighted by molar-refractivity contribution is -0.159. The summed E-state index contributed by atoms with van der Waals surface area (Å²) in [7, 11) is 0. The molecule has 3 atom stereocenters. The topological polar surface area (TPSA) is 72.9 Å². The number of likely N-dealkylation sites (tertiary alicyclic amines) is 1. The smallest absolute Gasteiger partial charge is 0.307 e. The van der Waals surface area contributed by atoms with Crippen LogP contribution in [-0.2, 0) is 23.9 Å². The lowest BCUT2D eigenvalue weighted by atomic mass is 9.98. The zero-order valence-corrected chi connectivity index (χ0v) is 17.7. The molecule has 1 saturated heterocycles. The van der Waals surface area contributed by atoms with Crippen molar-refractivity contribution in [2.24, 2.45) is 5.92 Å². The zero-order chi connectivity index (χ0) is 21.3. The third-order valence-electron chi connectivity index (χ3n) is 4.63. The first-order valence-corrected chi connectivity index (χ1v) is 10.0. The number of rotatable bonds is 10. The highest BCUT2D eigenvalue weighted by atomic mass is 16.6. The summed E-state index contributed by atoms with van der Waals surface area (Å²) in [5.74, 6) is -1.31. The van der Waals surface area contributed by atoms with Crippen LogP contribution in [0.1, 0.15) is 66.2 Å². The Hall–Kier alpha value is -2.11. The van der Waals surface area contributed by atoms with E-state index < -0.39 is 23.6 Å². The number of hydrogen-bond donors (Lipinski definition) is 0. The highest BCUT2D eigenvalue weighted by Gasteiger charge is 2.38. The van der Waals surface area contributed by atoms with Gasteiger partial charge in [0.1, 0.15) is 11.7 Å². The van der Waals surface area contributed by atoms with Crippen molar-refractivity contribution in [3.63, 3.8) is 0 Å². The number of ether oxygens (including phenoxy) is 2. The molecule has 0 N–H and O–H groups in total. The van der Waals surface area contributed by atoms with E-state index in [0.29, 0.717) is 19.4 Å². The maximum Gasteiger partial charge on any atom is 0.307 e. The first-order valence-electron chi connectivity index (χ1n) is 10.0. The summed E-state index contributed by atoms with van der Waals surface area (Å²) in [6.07, 6.45) is 5.81. The molecule has 0 aliphatic carbocycles. The number of esters is 2. The average Bonchev–Trinajstić information content (AvgIpc) is 3.07. The Kier molecular flexibility index (Phi) is 9.42. The van der Waals surface area contributed by atoms with Gasteiger partial charge in [-0.3, -0.25) is 14.4 Å². The molecule has 1 aliphatic rings. The number of nitrogens with zero attached hydrogens (tertiary/aromatic N) is 1. The van der Waals surface area contributed by atoms with Crippen LogP contribution in [0.5, 0.6) is 0 Å². The molecule has 0 aromatic rings. The second-order valence-corrected chi connectivity index (χ2v) is 8.28. The Balaban J connectivity index is 2.78. The van der Waals surface area contributed by atoms with Gasteiger partial charge >= 0.3 is 11.9 Å². The van der Waals surface area contributed by atoms with Gasteiger partial charge in [0.05, 0.1) is 18.4 Å². The summed E-state index contributed by atoms with van der Waals surface area (Å²) >= 11 is 0. The molecule has 1 fully saturated rings. The Bertz CT molecular complexity index is 578. The molecule has 2 unspecified atom stereocenters. The van der Waals surface area contributed by atoms with Crippen LogP contribution in [0.2, 0.25) is 0 Å². The molecule has 0 spiro atoms. The van der Waals surface area contributed by atoms with Crippen molar-refractivity contribution < 1.29 is 23.9 Å². The summed E-state index contributed by atoms with van der Waals surface area (Å²) < 4.78 is 10.9. The van der Waals surface area contributed by atoms with E-state index in [4.69, 9.17) is 9.47 Å². The molecule has 1 aliphatic heterocycles. The van der Waals surface area contributed by atoms with Crippen LogP contribution >= 0.6 is 0 Å². The standard InChI is InChI=1S/C22H35NO5/c1-7-9-13-19(24)27-16(3)18-12-10-14-23(18)21(26)17(11-8-2)15-20(25)28-22(4,5)6/h7-8,16-18H,1-2,9-15H2,3-6H3/t16-,17?,18?/m0/s1. The molecule has 0 aromatic heterocycles. The SMILES string of the molecule is C=CCCC(=O)O[C@@H](C)C1CCCN1C(=O)C(CC=C)CC(=O)OC(C)(C)C. The second kappa shape index (κ2) is 11.0. The number of carbonyl (C=O) groups excluding carboxylic acids is 3. The van der Waals surface area contributed by atoms with Crippen LogP contribution in [0, 0.1) is 5.92 Å². The Morgan fingerprint density at radius 2 is 1.86 bits per heavy atom. The van der Waals surface area contributed by atoms with Crippen LogP contribution < -0.4 is 0 Å². The van der Waals surface area contributed by atoms with Crippen LogP contribution in [-0.4, -0.2) is 47.0 Å². The Labute approximate surface area is 168 Å². The predicted octanol–water partition coefficient (Wildman–Crippen LogP) is 3.80. The lowest BCUT2D eigenvalue weighted by Gasteiger charge is -2.32. The summed E-state index contributed by atoms with van der Waals surface area (Å²) in [4.78, 5) is 39.0. The average molecular weight is 394 g/mol. The van der Waals surface area contributed by atoms with Crippen molar-refractivity contribution in [3.8, 4) is 0 Å². The molecule has 6 heteroatoms. The number of carbonyl (C=O) groups is 3. The van der Waals surface area contributed by atoms with E-state index in [9.17, 15) is 14.4 Å². The number of amides is 1. The maximum absolute atomic E-state index is 13.1. The molecule has 0 saturated carbocycles. The fourth-order valence-corrected chi connectivity index (χ4v) is 3.41. The summed E-state index contributed by atoms with van der Waals surface area (Å²) in [5, 5.41) is 0. The van der Waals surface area contributed by atoms with Gasteiger partial charge in [0.2, 0.25) is 5.91 Å². The van der Waals surface area contributed by atoms with Crippen LogP contribution in [0.15, 0.2) is 25.3 Å². The van der Waals surface area contributed by atoms with E-state index in [-0.39, 0.29) is 30.8 Å². The highest BCUT2D eigenvalue weighted by molar-refractivity contribution is 5.84. The summed E-state index contributed by atoms with van der Waals surface area (Å²) in [6, 6.07) is -0.175. The lowest BCUT2D eigenvalue weighted by Crippen LogP contribution is -2.46. The first kappa shape index (κ1) is 23.9. The molecule has 0 bridgehead atoms. The Morgan fingerprint density at radius 1 is 1.18 bits per heavy atom. The minimum atomic E-state index is -0.594. The number of allylic oxidation sites excluding steroid dienone is 2. The van der Waals surface area contributed by atoms with E-state index >= 15 is 0 Å². The van der Waals surface area contributed by atoms with Gasteiger partial charge in [-0.2, -0.15) is 0 Å². The highest BCUT2D eigenvalue weighted by Crippen LogP contribution is 2.27. The summed E-state index contributed by atoms with van der Waals surface area (Å²) in [5.41, 5.74) is -0.594. The molecular formula is C22H35NO5. The fraction of sp³-hybridized carbons (Fsp3) is 0.682. The first-order chi connectivity index (χ1) is 13.1. The maximum atomic E-state index is 13.1. The quantitative estimate of drug-likeness (QED) is 0.417. The minimum Gasteiger partial charge on any atom is -0.460 e. The molecule has 1 heterocycles. The molecule has 6 nitrogen and oxygen atoms in total. The van der Waals surface area contributed by atoms with Crippen LogP contribution in [0.25, 0.3) is 0 Å². The summed E-state index contributed by atoms with van der Waals surface area (Å²) in [6.45, 7) is 15.1. The van der Waals surface area contributed by atoms with Crippen LogP contribution in [0.4, 0.5) is 0 Å². The Morgan fingerprint density at radius 3 is 2.43 bits per heavy atom. The molecule has 0 radical (unpaired) electrons. The molecule has 1 rings (SSSR count). The predicted molar refractivity (Wildman–Crippen MR) is 108 cm³/mol.